The summed E-state index contributed by atoms with van der Waals surface area (Å²) < 4.78 is 13.6. The molecule has 0 unspecified atom stereocenters. The van der Waals surface area contributed by atoms with Crippen LogP contribution in [0.3, 0.4) is 0 Å². The van der Waals surface area contributed by atoms with Crippen molar-refractivity contribution in [1.29, 1.82) is 0 Å². The molecule has 0 spiro atoms. The number of rotatable bonds is 7. The summed E-state index contributed by atoms with van der Waals surface area (Å²) in [6.07, 6.45) is 3.37. The number of hydrogen-bond acceptors (Lipinski definition) is 2. The first-order chi connectivity index (χ1) is 11.7. The fourth-order valence-electron chi connectivity index (χ4n) is 2.30. The van der Waals surface area contributed by atoms with E-state index in [0.717, 1.165) is 31.2 Å². The van der Waals surface area contributed by atoms with Crippen LogP contribution < -0.4 is 10.6 Å². The lowest BCUT2D eigenvalue weighted by Gasteiger charge is -2.11. The van der Waals surface area contributed by atoms with Gasteiger partial charge in [-0.05, 0) is 49.9 Å². The minimum Gasteiger partial charge on any atom is -0.357 e. The zero-order valence-electron chi connectivity index (χ0n) is 14.3. The van der Waals surface area contributed by atoms with E-state index in [-0.39, 0.29) is 5.82 Å². The van der Waals surface area contributed by atoms with Gasteiger partial charge in [-0.15, -0.1) is 0 Å². The van der Waals surface area contributed by atoms with E-state index in [1.165, 1.54) is 11.6 Å². The number of nitrogens with zero attached hydrogens (tertiary/aromatic N) is 2. The Labute approximate surface area is 143 Å². The van der Waals surface area contributed by atoms with Crippen LogP contribution in [0.5, 0.6) is 0 Å². The summed E-state index contributed by atoms with van der Waals surface area (Å²) in [4.78, 5) is 8.80. The molecule has 4 nitrogen and oxygen atoms in total. The molecule has 0 bridgehead atoms. The predicted molar refractivity (Wildman–Crippen MR) is 96.8 cm³/mol. The number of nitrogens with one attached hydrogen (secondary N) is 2. The van der Waals surface area contributed by atoms with Crippen molar-refractivity contribution in [3.05, 3.63) is 65.2 Å². The molecule has 0 atom stereocenters. The maximum absolute atomic E-state index is 13.6. The normalized spacial score (nSPS) is 11.4. The number of pyridine rings is 1. The van der Waals surface area contributed by atoms with Gasteiger partial charge in [0.25, 0.3) is 0 Å². The second-order valence-corrected chi connectivity index (χ2v) is 5.59. The molecule has 0 saturated carbocycles. The SMILES string of the molecule is CCNC(=NCCc1ccccc1F)NCCc1ccc(C)nc1. The van der Waals surface area contributed by atoms with Gasteiger partial charge in [-0.3, -0.25) is 9.98 Å². The lowest BCUT2D eigenvalue weighted by Crippen LogP contribution is -2.38. The molecule has 0 saturated heterocycles. The van der Waals surface area contributed by atoms with E-state index in [2.05, 4.69) is 26.7 Å². The molecule has 5 heteroatoms. The highest BCUT2D eigenvalue weighted by Crippen LogP contribution is 2.06. The molecule has 128 valence electrons. The first kappa shape index (κ1) is 17.9. The largest absolute Gasteiger partial charge is 0.357 e. The van der Waals surface area contributed by atoms with Crippen molar-refractivity contribution < 1.29 is 4.39 Å². The van der Waals surface area contributed by atoms with E-state index in [0.29, 0.717) is 18.5 Å². The van der Waals surface area contributed by atoms with Crippen molar-refractivity contribution in [2.45, 2.75) is 26.7 Å². The third kappa shape index (κ3) is 5.99. The van der Waals surface area contributed by atoms with Crippen LogP contribution >= 0.6 is 0 Å². The Bertz CT molecular complexity index is 653. The Hall–Kier alpha value is -2.43. The Kier molecular flexibility index (Phi) is 7.21. The first-order valence-corrected chi connectivity index (χ1v) is 8.36. The van der Waals surface area contributed by atoms with Gasteiger partial charge >= 0.3 is 0 Å². The van der Waals surface area contributed by atoms with Crippen LogP contribution in [-0.2, 0) is 12.8 Å². The fourth-order valence-corrected chi connectivity index (χ4v) is 2.30. The molecule has 24 heavy (non-hydrogen) atoms. The van der Waals surface area contributed by atoms with Crippen molar-refractivity contribution in [2.24, 2.45) is 4.99 Å². The number of aryl methyl sites for hydroxylation is 1. The molecule has 0 radical (unpaired) electrons. The summed E-state index contributed by atoms with van der Waals surface area (Å²) in [5, 5.41) is 6.51. The molecule has 1 aromatic carbocycles. The van der Waals surface area contributed by atoms with Gasteiger partial charge in [0.05, 0.1) is 0 Å². The third-order valence-electron chi connectivity index (χ3n) is 3.63. The van der Waals surface area contributed by atoms with Gasteiger partial charge in [0, 0.05) is 31.5 Å². The van der Waals surface area contributed by atoms with Crippen molar-refractivity contribution >= 4 is 5.96 Å². The van der Waals surface area contributed by atoms with Crippen LogP contribution in [-0.4, -0.2) is 30.6 Å². The average molecular weight is 328 g/mol. The van der Waals surface area contributed by atoms with Crippen molar-refractivity contribution in [3.63, 3.8) is 0 Å². The number of aromatic nitrogens is 1. The van der Waals surface area contributed by atoms with Crippen LogP contribution in [0, 0.1) is 12.7 Å². The molecule has 1 heterocycles. The lowest BCUT2D eigenvalue weighted by molar-refractivity contribution is 0.609. The molecule has 0 fully saturated rings. The van der Waals surface area contributed by atoms with Crippen LogP contribution in [0.1, 0.15) is 23.7 Å². The number of hydrogen-bond donors (Lipinski definition) is 2. The Morgan fingerprint density at radius 2 is 1.96 bits per heavy atom. The zero-order valence-corrected chi connectivity index (χ0v) is 14.3. The topological polar surface area (TPSA) is 49.3 Å². The summed E-state index contributed by atoms with van der Waals surface area (Å²) in [5.41, 5.74) is 2.91. The molecule has 2 N–H and O–H groups in total. The lowest BCUT2D eigenvalue weighted by atomic mass is 10.1. The Balaban J connectivity index is 1.82. The van der Waals surface area contributed by atoms with E-state index in [4.69, 9.17) is 0 Å². The van der Waals surface area contributed by atoms with E-state index in [1.807, 2.05) is 32.2 Å². The molecule has 1 aromatic heterocycles. The molecular weight excluding hydrogens is 303 g/mol. The molecule has 0 aliphatic carbocycles. The second-order valence-electron chi connectivity index (χ2n) is 5.59. The average Bonchev–Trinajstić information content (AvgIpc) is 2.58. The molecule has 2 rings (SSSR count). The number of benzene rings is 1. The van der Waals surface area contributed by atoms with Gasteiger partial charge < -0.3 is 10.6 Å². The molecule has 0 aliphatic heterocycles. The van der Waals surface area contributed by atoms with Crippen LogP contribution in [0.4, 0.5) is 4.39 Å². The minimum atomic E-state index is -0.169. The van der Waals surface area contributed by atoms with Crippen LogP contribution in [0.15, 0.2) is 47.6 Å². The number of aliphatic imine (C=N–C) groups is 1. The molecule has 2 aromatic rings. The van der Waals surface area contributed by atoms with E-state index in [9.17, 15) is 4.39 Å². The van der Waals surface area contributed by atoms with E-state index in [1.54, 1.807) is 12.1 Å². The van der Waals surface area contributed by atoms with Gasteiger partial charge in [-0.2, -0.15) is 0 Å². The third-order valence-corrected chi connectivity index (χ3v) is 3.63. The maximum Gasteiger partial charge on any atom is 0.191 e. The van der Waals surface area contributed by atoms with Crippen molar-refractivity contribution in [3.8, 4) is 0 Å². The Morgan fingerprint density at radius 3 is 2.67 bits per heavy atom. The standard InChI is InChI=1S/C19H25FN4/c1-3-21-19(22-12-10-16-9-8-15(2)24-14-16)23-13-11-17-6-4-5-7-18(17)20/h4-9,14H,3,10-13H2,1-2H3,(H2,21,22,23). The van der Waals surface area contributed by atoms with Gasteiger partial charge in [-0.25, -0.2) is 4.39 Å². The van der Waals surface area contributed by atoms with Crippen molar-refractivity contribution in [1.82, 2.24) is 15.6 Å². The summed E-state index contributed by atoms with van der Waals surface area (Å²) in [5.74, 6) is 0.589. The van der Waals surface area contributed by atoms with Gasteiger partial charge in [0.2, 0.25) is 0 Å². The highest BCUT2D eigenvalue weighted by atomic mass is 19.1. The van der Waals surface area contributed by atoms with Crippen molar-refractivity contribution in [2.75, 3.05) is 19.6 Å². The maximum atomic E-state index is 13.6. The van der Waals surface area contributed by atoms with Gasteiger partial charge in [0.15, 0.2) is 5.96 Å². The van der Waals surface area contributed by atoms with Crippen LogP contribution in [0.25, 0.3) is 0 Å². The van der Waals surface area contributed by atoms with E-state index >= 15 is 0 Å². The van der Waals surface area contributed by atoms with Crippen LogP contribution in [0.2, 0.25) is 0 Å². The predicted octanol–water partition coefficient (Wildman–Crippen LogP) is 2.87. The highest BCUT2D eigenvalue weighted by Gasteiger charge is 2.01. The first-order valence-electron chi connectivity index (χ1n) is 8.36. The fraction of sp³-hybridized carbons (Fsp3) is 0.368. The molecule has 0 amide bonds. The monoisotopic (exact) mass is 328 g/mol. The summed E-state index contributed by atoms with van der Waals surface area (Å²) in [6.45, 7) is 6.11. The highest BCUT2D eigenvalue weighted by molar-refractivity contribution is 5.79. The summed E-state index contributed by atoms with van der Waals surface area (Å²) in [7, 11) is 0. The van der Waals surface area contributed by atoms with Gasteiger partial charge in [-0.1, -0.05) is 24.3 Å². The smallest absolute Gasteiger partial charge is 0.191 e. The second kappa shape index (κ2) is 9.65. The van der Waals surface area contributed by atoms with E-state index < -0.39 is 0 Å². The molecular formula is C19H25FN4. The molecule has 0 aliphatic rings. The van der Waals surface area contributed by atoms with Gasteiger partial charge in [0.1, 0.15) is 5.82 Å². The minimum absolute atomic E-state index is 0.169. The quantitative estimate of drug-likeness (QED) is 0.607. The summed E-state index contributed by atoms with van der Waals surface area (Å²) >= 11 is 0. The zero-order chi connectivity index (χ0) is 17.2. The number of guanidine groups is 1. The number of halogens is 1. The summed E-state index contributed by atoms with van der Waals surface area (Å²) in [6, 6.07) is 10.9. The Morgan fingerprint density at radius 1 is 1.12 bits per heavy atom.